The van der Waals surface area contributed by atoms with Crippen LogP contribution in [0.2, 0.25) is 0 Å². The largest absolute Gasteiger partial charge is 0.507 e. The van der Waals surface area contributed by atoms with Gasteiger partial charge in [0.1, 0.15) is 41.6 Å². The Kier molecular flexibility index (Phi) is 18.5. The number of Topliss-reactive ketones (excluding diaryl/α,β-unsaturated/α-hetero) is 2. The molecule has 27 heteroatoms. The summed E-state index contributed by atoms with van der Waals surface area (Å²) < 4.78 is 53.7. The molecule has 1 fully saturated rings. The number of carbonyl (C=O) groups is 6. The molecule has 1 aliphatic carbocycles. The van der Waals surface area contributed by atoms with E-state index in [0.717, 1.165) is 19.9 Å². The van der Waals surface area contributed by atoms with Crippen molar-refractivity contribution in [3.05, 3.63) is 69.8 Å². The van der Waals surface area contributed by atoms with E-state index in [1.165, 1.54) is 66.0 Å². The van der Waals surface area contributed by atoms with E-state index in [0.29, 0.717) is 36.7 Å². The van der Waals surface area contributed by atoms with Gasteiger partial charge in [-0.2, -0.15) is 0 Å². The molecule has 4 aliphatic heterocycles. The molecular weight excluding hydrogens is 1060 g/mol. The molecule has 78 heavy (non-hydrogen) atoms. The number of esters is 2. The third-order valence-electron chi connectivity index (χ3n) is 14.8. The maximum Gasteiger partial charge on any atom is 0.360 e. The van der Waals surface area contributed by atoms with Gasteiger partial charge in [-0.05, 0) is 25.8 Å². The van der Waals surface area contributed by atoms with Gasteiger partial charge in [-0.15, -0.1) is 0 Å². The minimum Gasteiger partial charge on any atom is -0.507 e. The van der Waals surface area contributed by atoms with Gasteiger partial charge in [-0.3, -0.25) is 38.1 Å². The molecule has 9 N–H and O–H groups in total. The number of aliphatic hydroxyl groups is 1. The highest BCUT2D eigenvalue weighted by molar-refractivity contribution is 7.70. The predicted octanol–water partition coefficient (Wildman–Crippen LogP) is 3.45. The van der Waals surface area contributed by atoms with E-state index in [9.17, 15) is 67.7 Å². The van der Waals surface area contributed by atoms with Gasteiger partial charge < -0.3 is 79.2 Å². The number of amides is 3. The number of fused-ring (bicyclic) bond motifs is 3. The first-order chi connectivity index (χ1) is 36.2. The summed E-state index contributed by atoms with van der Waals surface area (Å²) in [6, 6.07) is -1.46. The monoisotopic (exact) mass is 1130 g/mol. The number of hydrogen-bond donors (Lipinski definition) is 9. The lowest BCUT2D eigenvalue weighted by Gasteiger charge is -2.39. The van der Waals surface area contributed by atoms with Crippen molar-refractivity contribution < 1.29 is 91.4 Å². The number of rotatable bonds is 10. The summed E-state index contributed by atoms with van der Waals surface area (Å²) in [5.41, 5.74) is -4.07. The molecule has 1 saturated heterocycles. The zero-order valence-corrected chi connectivity index (χ0v) is 47.4. The van der Waals surface area contributed by atoms with E-state index in [1.54, 1.807) is 26.1 Å². The number of aliphatic hydroxyl groups excluding tert-OH is 1. The Morgan fingerprint density at radius 3 is 2.13 bits per heavy atom. The molecule has 25 nitrogen and oxygen atoms in total. The van der Waals surface area contributed by atoms with Crippen molar-refractivity contribution in [3.8, 4) is 11.5 Å². The SMILES string of the molecule is CO[C@H]1/C=C/O[C@@]2(C)Oc3c(C)c(O)c4c(c3C2=O)C2=NC3(CCN(CC(C)C)CC3)NC2=C(NC(=O)/C(C)=C\C=C\[C@H](C)[C@H](OC(=O)CN(C)C(=O)NC(P(=O)(O)O)P(=O)(O)O)[C@@H](C)[C@@H](O)[C@@H](C)[C@H](OC(C)=O)[C@@H]1C)C4=O. The molecular formula is C51H72N6O19P2. The second-order valence-electron chi connectivity index (χ2n) is 21.3. The fourth-order valence-corrected chi connectivity index (χ4v) is 12.6. The number of ketones is 2. The number of allylic oxidation sites excluding steroid dienone is 4. The smallest absolute Gasteiger partial charge is 0.360 e. The highest BCUT2D eigenvalue weighted by Crippen LogP contribution is 2.58. The standard InChI is InChI=1S/C51H72N6O19P2/c1-24(2)22-57-19-17-51(18-20-57)54-37-34-35-41(61)30(8)45-36(34)46(63)50(10,76-45)73-21-16-32(72-12)27(5)44(74-31(9)58)29(7)40(60)28(6)43(25(3)14-13-15-26(4)47(64)52-39(42(35)62)38(37)55-51)75-33(59)23-56(11)48(65)53-49(77(66,67)68)78(69,70)71/h13-16,21,24-25,27-29,32,40,43-44,49,55,60-61H,17-20,22-23H2,1-12H3,(H,52,64)(H,53,65)(H2,66,67,68)(H2,69,70,71)/b14-13+,21-16+,26-15-/t25-,27+,28-,29+,32-,40+,43-,44+,50-/m0/s1. The molecule has 1 spiro atoms. The Morgan fingerprint density at radius 2 is 1.55 bits per heavy atom. The number of urea groups is 1. The lowest BCUT2D eigenvalue weighted by Crippen LogP contribution is -2.50. The first kappa shape index (κ1) is 61.5. The summed E-state index contributed by atoms with van der Waals surface area (Å²) in [7, 11) is -8.86. The number of ether oxygens (including phenoxy) is 5. The number of nitrogens with one attached hydrogen (secondary N) is 3. The van der Waals surface area contributed by atoms with Gasteiger partial charge in [0.05, 0.1) is 41.0 Å². The summed E-state index contributed by atoms with van der Waals surface area (Å²) in [5, 5.41) is 31.8. The number of likely N-dealkylation sites (N-methyl/N-ethyl adjacent to an activating group) is 1. The van der Waals surface area contributed by atoms with Crippen LogP contribution in [-0.2, 0) is 42.5 Å². The Balaban J connectivity index is 1.44. The minimum absolute atomic E-state index is 0.00743. The van der Waals surface area contributed by atoms with Crippen LogP contribution in [-0.4, -0.2) is 162 Å². The van der Waals surface area contributed by atoms with Crippen LogP contribution in [0.4, 0.5) is 4.79 Å². The molecule has 9 atom stereocenters. The van der Waals surface area contributed by atoms with Gasteiger partial charge in [0.15, 0.2) is 0 Å². The van der Waals surface area contributed by atoms with Gasteiger partial charge in [-0.25, -0.2) is 4.79 Å². The van der Waals surface area contributed by atoms with Crippen LogP contribution in [0.1, 0.15) is 107 Å². The highest BCUT2D eigenvalue weighted by atomic mass is 31.2. The van der Waals surface area contributed by atoms with Gasteiger partial charge in [0.25, 0.3) is 11.7 Å². The molecule has 6 rings (SSSR count). The molecule has 0 unspecified atom stereocenters. The predicted molar refractivity (Wildman–Crippen MR) is 280 cm³/mol. The second kappa shape index (κ2) is 23.5. The van der Waals surface area contributed by atoms with Crippen LogP contribution >= 0.6 is 15.2 Å². The minimum atomic E-state index is -5.61. The zero-order chi connectivity index (χ0) is 58.3. The molecule has 4 heterocycles. The Hall–Kier alpha value is -5.75. The molecule has 430 valence electrons. The van der Waals surface area contributed by atoms with Gasteiger partial charge in [-0.1, -0.05) is 59.8 Å². The number of methoxy groups -OCH3 is 1. The number of carbonyl (C=O) groups excluding carboxylic acids is 6. The van der Waals surface area contributed by atoms with Crippen molar-refractivity contribution in [1.29, 1.82) is 0 Å². The molecule has 1 aromatic carbocycles. The quantitative estimate of drug-likeness (QED) is 0.120. The van der Waals surface area contributed by atoms with Crippen LogP contribution in [0.5, 0.6) is 11.5 Å². The van der Waals surface area contributed by atoms with Crippen molar-refractivity contribution in [1.82, 2.24) is 25.8 Å². The van der Waals surface area contributed by atoms with E-state index >= 15 is 0 Å². The average molecular weight is 1140 g/mol. The highest BCUT2D eigenvalue weighted by Gasteiger charge is 2.55. The number of likely N-dealkylation sites (tertiary alicyclic amines) is 1. The molecule has 5 bridgehead atoms. The third kappa shape index (κ3) is 12.8. The number of hydrogen-bond acceptors (Lipinski definition) is 18. The number of nitrogens with zero attached hydrogens (tertiary/aromatic N) is 3. The average Bonchev–Trinajstić information content (AvgIpc) is 3.85. The molecule has 1 aromatic rings. The Labute approximate surface area is 451 Å². The van der Waals surface area contributed by atoms with Crippen LogP contribution in [0.3, 0.4) is 0 Å². The normalized spacial score (nSPS) is 29.3. The number of phenolic OH excluding ortho intramolecular Hbond substituents is 1. The van der Waals surface area contributed by atoms with Crippen molar-refractivity contribution in [2.75, 3.05) is 40.3 Å². The van der Waals surface area contributed by atoms with Crippen molar-refractivity contribution in [2.24, 2.45) is 34.6 Å². The number of aliphatic imine (C=N–C) groups is 1. The van der Waals surface area contributed by atoms with Gasteiger partial charge in [0, 0.05) is 101 Å². The van der Waals surface area contributed by atoms with E-state index in [-0.39, 0.29) is 50.7 Å². The summed E-state index contributed by atoms with van der Waals surface area (Å²) in [4.78, 5) is 130. The Bertz CT molecular complexity index is 2820. The molecule has 5 aliphatic rings. The summed E-state index contributed by atoms with van der Waals surface area (Å²) >= 11 is 0. The van der Waals surface area contributed by atoms with Crippen LogP contribution < -0.4 is 20.7 Å². The van der Waals surface area contributed by atoms with E-state index in [2.05, 4.69) is 29.4 Å². The van der Waals surface area contributed by atoms with Crippen LogP contribution in [0.25, 0.3) is 0 Å². The molecule has 0 aromatic heterocycles. The summed E-state index contributed by atoms with van der Waals surface area (Å²) in [5.74, 6) is -10.0. The lowest BCUT2D eigenvalue weighted by atomic mass is 9.78. The van der Waals surface area contributed by atoms with Crippen molar-refractivity contribution >= 4 is 56.3 Å². The van der Waals surface area contributed by atoms with Crippen molar-refractivity contribution in [3.63, 3.8) is 0 Å². The first-order valence-electron chi connectivity index (χ1n) is 25.4. The zero-order valence-electron chi connectivity index (χ0n) is 45.6. The van der Waals surface area contributed by atoms with Crippen molar-refractivity contribution in [2.45, 2.75) is 123 Å². The van der Waals surface area contributed by atoms with E-state index in [4.69, 9.17) is 28.7 Å². The van der Waals surface area contributed by atoms with E-state index in [1.807, 2.05) is 0 Å². The summed E-state index contributed by atoms with van der Waals surface area (Å²) in [6.45, 7) is 17.3. The summed E-state index contributed by atoms with van der Waals surface area (Å²) in [6.07, 6.45) is 3.16. The maximum absolute atomic E-state index is 14.9. The van der Waals surface area contributed by atoms with E-state index < -0.39 is 128 Å². The third-order valence-corrected chi connectivity index (χ3v) is 18.1. The fourth-order valence-electron chi connectivity index (χ4n) is 10.5. The Morgan fingerprint density at radius 1 is 0.936 bits per heavy atom. The van der Waals surface area contributed by atoms with Crippen LogP contribution in [0.15, 0.2) is 52.5 Å². The molecule has 0 saturated carbocycles. The maximum atomic E-state index is 14.9. The fraction of sp³-hybridized carbons (Fsp3) is 0.588. The molecule has 3 amide bonds. The number of phenols is 1. The number of piperidine rings is 1. The number of benzene rings is 1. The first-order valence-corrected chi connectivity index (χ1v) is 28.8. The van der Waals surface area contributed by atoms with Crippen LogP contribution in [0, 0.1) is 36.5 Å². The second-order valence-corrected chi connectivity index (χ2v) is 25.1. The number of aromatic hydroxyl groups is 1. The topological polar surface area (TPSA) is 359 Å². The van der Waals surface area contributed by atoms with Gasteiger partial charge in [0.2, 0.25) is 11.3 Å². The molecule has 0 radical (unpaired) electrons. The van der Waals surface area contributed by atoms with Gasteiger partial charge >= 0.3 is 38.9 Å². The lowest BCUT2D eigenvalue weighted by molar-refractivity contribution is -0.165.